The van der Waals surface area contributed by atoms with E-state index in [9.17, 15) is 0 Å². The first-order valence-electron chi connectivity index (χ1n) is 5.14. The minimum atomic E-state index is 0.391. The van der Waals surface area contributed by atoms with E-state index >= 15 is 0 Å². The van der Waals surface area contributed by atoms with Crippen LogP contribution in [0.2, 0.25) is 0 Å². The fourth-order valence-electron chi connectivity index (χ4n) is 1.41. The molecule has 0 heterocycles. The zero-order valence-corrected chi connectivity index (χ0v) is 9.48. The molecule has 3 heteroatoms. The Morgan fingerprint density at radius 1 is 1.31 bits per heavy atom. The molecule has 0 spiro atoms. The Bertz CT molecular complexity index is 118. The van der Waals surface area contributed by atoms with Crippen LogP contribution in [0, 0.1) is 5.41 Å². The summed E-state index contributed by atoms with van der Waals surface area (Å²) in [7, 11) is 0. The second-order valence-electron chi connectivity index (χ2n) is 4.88. The molecule has 3 nitrogen and oxygen atoms in total. The SMILES string of the molecule is CC(CC(C)(C)C)NNCCCN. The Labute approximate surface area is 82.4 Å². The molecule has 0 saturated heterocycles. The Kier molecular flexibility index (Phi) is 6.29. The van der Waals surface area contributed by atoms with Gasteiger partial charge in [0.1, 0.15) is 0 Å². The third-order valence-corrected chi connectivity index (χ3v) is 1.77. The zero-order valence-electron chi connectivity index (χ0n) is 9.48. The molecule has 0 rings (SSSR count). The van der Waals surface area contributed by atoms with Crippen LogP contribution < -0.4 is 16.6 Å². The Morgan fingerprint density at radius 3 is 2.38 bits per heavy atom. The molecule has 0 aromatic carbocycles. The van der Waals surface area contributed by atoms with Crippen molar-refractivity contribution in [2.45, 2.75) is 46.6 Å². The lowest BCUT2D eigenvalue weighted by molar-refractivity contribution is 0.299. The first-order valence-corrected chi connectivity index (χ1v) is 5.14. The molecule has 80 valence electrons. The maximum Gasteiger partial charge on any atom is 0.0189 e. The van der Waals surface area contributed by atoms with Crippen LogP contribution in [0.4, 0.5) is 0 Å². The highest BCUT2D eigenvalue weighted by molar-refractivity contribution is 4.69. The summed E-state index contributed by atoms with van der Waals surface area (Å²) in [5, 5.41) is 0. The normalized spacial score (nSPS) is 14.5. The molecular weight excluding hydrogens is 162 g/mol. The Morgan fingerprint density at radius 2 is 1.92 bits per heavy atom. The van der Waals surface area contributed by atoms with E-state index in [2.05, 4.69) is 38.5 Å². The van der Waals surface area contributed by atoms with Gasteiger partial charge in [-0.2, -0.15) is 0 Å². The van der Waals surface area contributed by atoms with Gasteiger partial charge >= 0.3 is 0 Å². The van der Waals surface area contributed by atoms with Gasteiger partial charge in [0, 0.05) is 12.6 Å². The van der Waals surface area contributed by atoms with Crippen molar-refractivity contribution in [3.8, 4) is 0 Å². The molecule has 1 unspecified atom stereocenters. The van der Waals surface area contributed by atoms with Crippen LogP contribution >= 0.6 is 0 Å². The lowest BCUT2D eigenvalue weighted by atomic mass is 9.89. The maximum absolute atomic E-state index is 5.38. The van der Waals surface area contributed by atoms with E-state index in [0.717, 1.165) is 19.5 Å². The van der Waals surface area contributed by atoms with Crippen LogP contribution in [-0.4, -0.2) is 19.1 Å². The van der Waals surface area contributed by atoms with E-state index in [0.29, 0.717) is 11.5 Å². The molecule has 0 radical (unpaired) electrons. The first kappa shape index (κ1) is 12.9. The monoisotopic (exact) mass is 187 g/mol. The lowest BCUT2D eigenvalue weighted by Crippen LogP contribution is -2.41. The van der Waals surface area contributed by atoms with Gasteiger partial charge < -0.3 is 5.73 Å². The topological polar surface area (TPSA) is 50.1 Å². The fraction of sp³-hybridized carbons (Fsp3) is 1.00. The standard InChI is InChI=1S/C10H25N3/c1-9(8-10(2,3)4)13-12-7-5-6-11/h9,12-13H,5-8,11H2,1-4H3. The number of hydrogen-bond donors (Lipinski definition) is 3. The highest BCUT2D eigenvalue weighted by Crippen LogP contribution is 2.19. The Balaban J connectivity index is 3.35. The summed E-state index contributed by atoms with van der Waals surface area (Å²) in [5.74, 6) is 0. The first-order chi connectivity index (χ1) is 5.95. The molecule has 0 aliphatic carbocycles. The quantitative estimate of drug-likeness (QED) is 0.433. The average Bonchev–Trinajstić information content (AvgIpc) is 1.94. The number of hydrazine groups is 1. The summed E-state index contributed by atoms with van der Waals surface area (Å²) in [6, 6.07) is 0.512. The second kappa shape index (κ2) is 6.35. The predicted molar refractivity (Wildman–Crippen MR) is 58.3 cm³/mol. The van der Waals surface area contributed by atoms with Crippen molar-refractivity contribution in [2.24, 2.45) is 11.1 Å². The van der Waals surface area contributed by atoms with Gasteiger partial charge in [-0.05, 0) is 31.7 Å². The maximum atomic E-state index is 5.38. The van der Waals surface area contributed by atoms with E-state index in [1.165, 1.54) is 6.42 Å². The van der Waals surface area contributed by atoms with E-state index in [4.69, 9.17) is 5.73 Å². The van der Waals surface area contributed by atoms with Gasteiger partial charge in [0.25, 0.3) is 0 Å². The van der Waals surface area contributed by atoms with Crippen molar-refractivity contribution in [3.05, 3.63) is 0 Å². The van der Waals surface area contributed by atoms with Crippen LogP contribution in [0.5, 0.6) is 0 Å². The van der Waals surface area contributed by atoms with Crippen molar-refractivity contribution in [1.29, 1.82) is 0 Å². The Hall–Kier alpha value is -0.120. The van der Waals surface area contributed by atoms with Gasteiger partial charge in [-0.15, -0.1) is 0 Å². The molecule has 0 aliphatic rings. The summed E-state index contributed by atoms with van der Waals surface area (Å²) < 4.78 is 0. The van der Waals surface area contributed by atoms with Crippen molar-refractivity contribution in [1.82, 2.24) is 10.9 Å². The van der Waals surface area contributed by atoms with Crippen LogP contribution in [-0.2, 0) is 0 Å². The molecule has 0 saturated carbocycles. The second-order valence-corrected chi connectivity index (χ2v) is 4.88. The summed E-state index contributed by atoms with van der Waals surface area (Å²) >= 11 is 0. The summed E-state index contributed by atoms with van der Waals surface area (Å²) in [4.78, 5) is 0. The summed E-state index contributed by atoms with van der Waals surface area (Å²) in [6.07, 6.45) is 2.19. The molecule has 0 aliphatic heterocycles. The van der Waals surface area contributed by atoms with Gasteiger partial charge in [-0.3, -0.25) is 10.9 Å². The van der Waals surface area contributed by atoms with Crippen molar-refractivity contribution in [2.75, 3.05) is 13.1 Å². The number of hydrogen-bond acceptors (Lipinski definition) is 3. The van der Waals surface area contributed by atoms with Crippen LogP contribution in [0.1, 0.15) is 40.5 Å². The van der Waals surface area contributed by atoms with Gasteiger partial charge in [-0.25, -0.2) is 0 Å². The van der Waals surface area contributed by atoms with Gasteiger partial charge in [-0.1, -0.05) is 20.8 Å². The van der Waals surface area contributed by atoms with Gasteiger partial charge in [0.15, 0.2) is 0 Å². The number of nitrogens with two attached hydrogens (primary N) is 1. The molecule has 0 amide bonds. The van der Waals surface area contributed by atoms with Crippen molar-refractivity contribution in [3.63, 3.8) is 0 Å². The van der Waals surface area contributed by atoms with E-state index in [-0.39, 0.29) is 0 Å². The molecule has 0 aromatic heterocycles. The summed E-state index contributed by atoms with van der Waals surface area (Å²) in [5.41, 5.74) is 12.2. The van der Waals surface area contributed by atoms with E-state index < -0.39 is 0 Å². The molecule has 1 atom stereocenters. The molecule has 4 N–H and O–H groups in total. The third-order valence-electron chi connectivity index (χ3n) is 1.77. The highest BCUT2D eigenvalue weighted by atomic mass is 15.4. The average molecular weight is 187 g/mol. The predicted octanol–water partition coefficient (Wildman–Crippen LogP) is 1.25. The minimum absolute atomic E-state index is 0.391. The summed E-state index contributed by atoms with van der Waals surface area (Å²) in [6.45, 7) is 10.7. The minimum Gasteiger partial charge on any atom is -0.330 e. The van der Waals surface area contributed by atoms with E-state index in [1.54, 1.807) is 0 Å². The van der Waals surface area contributed by atoms with Crippen LogP contribution in [0.25, 0.3) is 0 Å². The van der Waals surface area contributed by atoms with Gasteiger partial charge in [0.2, 0.25) is 0 Å². The molecule has 0 bridgehead atoms. The van der Waals surface area contributed by atoms with E-state index in [1.807, 2.05) is 0 Å². The zero-order chi connectivity index (χ0) is 10.3. The highest BCUT2D eigenvalue weighted by Gasteiger charge is 2.14. The van der Waals surface area contributed by atoms with Crippen molar-refractivity contribution < 1.29 is 0 Å². The number of nitrogens with one attached hydrogen (secondary N) is 2. The van der Waals surface area contributed by atoms with Crippen molar-refractivity contribution >= 4 is 0 Å². The largest absolute Gasteiger partial charge is 0.330 e. The molecule has 13 heavy (non-hydrogen) atoms. The fourth-order valence-corrected chi connectivity index (χ4v) is 1.41. The molecule has 0 fully saturated rings. The van der Waals surface area contributed by atoms with Gasteiger partial charge in [0.05, 0.1) is 0 Å². The van der Waals surface area contributed by atoms with Crippen LogP contribution in [0.15, 0.2) is 0 Å². The van der Waals surface area contributed by atoms with Crippen LogP contribution in [0.3, 0.4) is 0 Å². The third kappa shape index (κ3) is 9.80. The molecular formula is C10H25N3. The lowest BCUT2D eigenvalue weighted by Gasteiger charge is -2.24. The molecule has 0 aromatic rings. The number of rotatable bonds is 6. The smallest absolute Gasteiger partial charge is 0.0189 e.